The van der Waals surface area contributed by atoms with Crippen LogP contribution in [0.1, 0.15) is 329 Å². The van der Waals surface area contributed by atoms with Crippen LogP contribution in [-0.2, 0) is 27.9 Å². The number of phosphoric ester groups is 1. The van der Waals surface area contributed by atoms with Crippen molar-refractivity contribution in [2.75, 3.05) is 40.9 Å². The summed E-state index contributed by atoms with van der Waals surface area (Å²) in [6.45, 7) is 6.94. The van der Waals surface area contributed by atoms with Crippen molar-refractivity contribution in [1.82, 2.24) is 5.32 Å². The zero-order chi connectivity index (χ0) is 60.7. The monoisotopic (exact) mass is 1180 g/mol. The maximum absolute atomic E-state index is 13.6. The number of ether oxygens (including phenoxy) is 1. The van der Waals surface area contributed by atoms with E-state index in [-0.39, 0.29) is 31.5 Å². The Balaban J connectivity index is 5.15. The summed E-state index contributed by atoms with van der Waals surface area (Å²) in [7, 11) is 1.50. The first kappa shape index (κ1) is 80.5. The van der Waals surface area contributed by atoms with Gasteiger partial charge in [0.1, 0.15) is 19.3 Å². The van der Waals surface area contributed by atoms with Gasteiger partial charge in [0.25, 0.3) is 0 Å². The van der Waals surface area contributed by atoms with Gasteiger partial charge in [-0.3, -0.25) is 18.6 Å². The lowest BCUT2D eigenvalue weighted by atomic mass is 10.0. The molecule has 83 heavy (non-hydrogen) atoms. The predicted molar refractivity (Wildman–Crippen MR) is 360 cm³/mol. The van der Waals surface area contributed by atoms with E-state index in [4.69, 9.17) is 13.8 Å². The Bertz CT molecular complexity index is 1650. The Labute approximate surface area is 514 Å². The number of nitrogens with one attached hydrogen (secondary N) is 1. The molecule has 0 rings (SSSR count). The Morgan fingerprint density at radius 1 is 0.434 bits per heavy atom. The van der Waals surface area contributed by atoms with Crippen LogP contribution in [0.2, 0.25) is 0 Å². The maximum Gasteiger partial charge on any atom is 0.472 e. The fraction of sp³-hybridized carbons (Fsp3) is 0.808. The molecular formula is C73H136N2O7P+. The minimum Gasteiger partial charge on any atom is -0.456 e. The largest absolute Gasteiger partial charge is 0.472 e. The van der Waals surface area contributed by atoms with Crippen LogP contribution in [0.4, 0.5) is 0 Å². The first-order valence-corrected chi connectivity index (χ1v) is 36.8. The van der Waals surface area contributed by atoms with Gasteiger partial charge in [-0.05, 0) is 76.7 Å². The fourth-order valence-corrected chi connectivity index (χ4v) is 11.0. The van der Waals surface area contributed by atoms with E-state index < -0.39 is 20.0 Å². The first-order valence-electron chi connectivity index (χ1n) is 35.3. The molecule has 0 spiro atoms. The quantitative estimate of drug-likeness (QED) is 0.0205. The van der Waals surface area contributed by atoms with E-state index >= 15 is 0 Å². The number of carbonyl (C=O) groups is 2. The van der Waals surface area contributed by atoms with Crippen LogP contribution >= 0.6 is 7.82 Å². The Hall–Kier alpha value is -2.55. The maximum atomic E-state index is 13.6. The van der Waals surface area contributed by atoms with Crippen molar-refractivity contribution in [3.05, 3.63) is 72.9 Å². The molecule has 2 N–H and O–H groups in total. The lowest BCUT2D eigenvalue weighted by Crippen LogP contribution is -2.47. The number of allylic oxidation sites excluding steroid dienone is 11. The second kappa shape index (κ2) is 62.5. The van der Waals surface area contributed by atoms with Crippen LogP contribution in [0.15, 0.2) is 72.9 Å². The number of nitrogens with zero attached hydrogens (tertiary/aromatic N) is 1. The highest BCUT2D eigenvalue weighted by Gasteiger charge is 2.30. The molecule has 484 valence electrons. The molecule has 0 bridgehead atoms. The minimum atomic E-state index is -4.46. The number of esters is 1. The van der Waals surface area contributed by atoms with Crippen LogP contribution < -0.4 is 5.32 Å². The summed E-state index contributed by atoms with van der Waals surface area (Å²) in [4.78, 5) is 37.9. The number of quaternary nitrogens is 1. The van der Waals surface area contributed by atoms with Gasteiger partial charge in [-0.25, -0.2) is 4.57 Å². The molecule has 0 radical (unpaired) electrons. The Morgan fingerprint density at radius 3 is 1.16 bits per heavy atom. The predicted octanol–water partition coefficient (Wildman–Crippen LogP) is 22.3. The summed E-state index contributed by atoms with van der Waals surface area (Å²) in [5.41, 5.74) is 0. The normalized spacial score (nSPS) is 14.0. The third kappa shape index (κ3) is 63.8. The molecule has 0 saturated heterocycles. The number of carbonyl (C=O) groups excluding carboxylic acids is 2. The third-order valence-corrected chi connectivity index (χ3v) is 16.6. The highest BCUT2D eigenvalue weighted by atomic mass is 31.2. The number of unbranched alkanes of at least 4 members (excludes halogenated alkanes) is 38. The zero-order valence-electron chi connectivity index (χ0n) is 55.4. The van der Waals surface area contributed by atoms with Gasteiger partial charge in [-0.1, -0.05) is 312 Å². The lowest BCUT2D eigenvalue weighted by molar-refractivity contribution is -0.870. The zero-order valence-corrected chi connectivity index (χ0v) is 56.3. The average molecular weight is 1180 g/mol. The van der Waals surface area contributed by atoms with E-state index in [9.17, 15) is 19.0 Å². The van der Waals surface area contributed by atoms with Crippen molar-refractivity contribution in [3.63, 3.8) is 0 Å². The number of amides is 1. The molecule has 0 heterocycles. The van der Waals surface area contributed by atoms with E-state index in [0.717, 1.165) is 103 Å². The van der Waals surface area contributed by atoms with Crippen molar-refractivity contribution in [2.24, 2.45) is 0 Å². The molecule has 0 aliphatic heterocycles. The van der Waals surface area contributed by atoms with Gasteiger partial charge < -0.3 is 19.4 Å². The van der Waals surface area contributed by atoms with E-state index in [1.807, 2.05) is 33.3 Å². The van der Waals surface area contributed by atoms with Gasteiger partial charge >= 0.3 is 13.8 Å². The Morgan fingerprint density at radius 2 is 0.771 bits per heavy atom. The van der Waals surface area contributed by atoms with Crippen LogP contribution in [-0.4, -0.2) is 74.3 Å². The van der Waals surface area contributed by atoms with Crippen molar-refractivity contribution < 1.29 is 37.3 Å². The number of rotatable bonds is 64. The summed E-state index contributed by atoms with van der Waals surface area (Å²) >= 11 is 0. The molecule has 3 atom stereocenters. The highest BCUT2D eigenvalue weighted by molar-refractivity contribution is 7.47. The number of likely N-dealkylation sites (N-methyl/N-ethyl adjacent to an activating group) is 1. The van der Waals surface area contributed by atoms with Crippen LogP contribution in [0.25, 0.3) is 0 Å². The lowest BCUT2D eigenvalue weighted by Gasteiger charge is -2.27. The van der Waals surface area contributed by atoms with Crippen LogP contribution in [0, 0.1) is 0 Å². The van der Waals surface area contributed by atoms with Crippen molar-refractivity contribution in [1.29, 1.82) is 0 Å². The number of hydrogen-bond acceptors (Lipinski definition) is 6. The number of hydrogen-bond donors (Lipinski definition) is 2. The molecule has 0 aromatic carbocycles. The smallest absolute Gasteiger partial charge is 0.456 e. The van der Waals surface area contributed by atoms with E-state index in [1.54, 1.807) is 0 Å². The molecule has 0 aliphatic carbocycles. The number of phosphoric acid groups is 1. The van der Waals surface area contributed by atoms with Gasteiger partial charge in [-0.2, -0.15) is 0 Å². The van der Waals surface area contributed by atoms with Gasteiger partial charge in [-0.15, -0.1) is 0 Å². The van der Waals surface area contributed by atoms with Crippen molar-refractivity contribution in [3.8, 4) is 0 Å². The third-order valence-electron chi connectivity index (χ3n) is 15.7. The van der Waals surface area contributed by atoms with Gasteiger partial charge in [0, 0.05) is 12.8 Å². The first-order chi connectivity index (χ1) is 40.4. The summed E-state index contributed by atoms with van der Waals surface area (Å²) in [6, 6.07) is -0.855. The topological polar surface area (TPSA) is 111 Å². The second-order valence-electron chi connectivity index (χ2n) is 25.0. The summed E-state index contributed by atoms with van der Waals surface area (Å²) in [5, 5.41) is 3.07. The van der Waals surface area contributed by atoms with Crippen LogP contribution in [0.3, 0.4) is 0 Å². The van der Waals surface area contributed by atoms with Crippen molar-refractivity contribution >= 4 is 19.7 Å². The van der Waals surface area contributed by atoms with Crippen molar-refractivity contribution in [2.45, 2.75) is 341 Å². The summed E-state index contributed by atoms with van der Waals surface area (Å²) in [6.07, 6.45) is 81.9. The van der Waals surface area contributed by atoms with Gasteiger partial charge in [0.2, 0.25) is 5.91 Å². The van der Waals surface area contributed by atoms with E-state index in [1.165, 1.54) is 193 Å². The molecule has 0 saturated carbocycles. The minimum absolute atomic E-state index is 0.0379. The molecule has 0 aliphatic rings. The highest BCUT2D eigenvalue weighted by Crippen LogP contribution is 2.43. The molecule has 3 unspecified atom stereocenters. The standard InChI is InChI=1S/C73H135N2O7P/c1-7-10-13-16-19-22-25-28-30-32-34-36-37-39-41-43-45-48-51-54-57-60-63-66-73(77)82-71(64-61-58-55-52-49-46-27-24-21-18-15-12-9-3)70(69-81-83(78,79)80-68-67-75(4,5)6)74-72(76)65-62-59-56-53-50-47-44-42-40-38-35-33-31-29-26-23-20-17-14-11-8-2/h10,13,19,22,28,30,34,36,39,41,61,64,70-71H,7-9,11-12,14-18,20-21,23-27,29,31-33,35,37-38,40,42-60,62-63,65-69H2,1-6H3,(H-,74,76,78,79)/p+1/b13-10-,22-19-,30-28-,36-34-,41-39-,64-61+. The molecule has 0 fully saturated rings. The van der Waals surface area contributed by atoms with E-state index in [0.29, 0.717) is 17.4 Å². The molecule has 10 heteroatoms. The summed E-state index contributed by atoms with van der Waals surface area (Å²) < 4.78 is 30.8. The Kier molecular flexibility index (Phi) is 60.6. The average Bonchev–Trinajstić information content (AvgIpc) is 3.47. The molecule has 1 amide bonds. The molecular weight excluding hydrogens is 1050 g/mol. The van der Waals surface area contributed by atoms with Gasteiger partial charge in [0.15, 0.2) is 0 Å². The van der Waals surface area contributed by atoms with E-state index in [2.05, 4.69) is 86.8 Å². The second-order valence-corrected chi connectivity index (χ2v) is 26.5. The molecule has 0 aromatic heterocycles. The molecule has 9 nitrogen and oxygen atoms in total. The molecule has 0 aromatic rings. The van der Waals surface area contributed by atoms with Crippen LogP contribution in [0.5, 0.6) is 0 Å². The van der Waals surface area contributed by atoms with Gasteiger partial charge in [0.05, 0.1) is 33.8 Å². The summed E-state index contributed by atoms with van der Waals surface area (Å²) in [5.74, 6) is -0.505. The fourth-order valence-electron chi connectivity index (χ4n) is 10.3. The SMILES string of the molecule is CC/C=C\C/C=C\C/C=C\C/C=C\C/C=C\CCCCCCCCCC(=O)OC(/C=C/CCCCCCCCCCCCC)C(COP(=O)(O)OCC[N+](C)(C)C)NC(=O)CCCCCCCCCCCCCCCCCCCCCCC.